The summed E-state index contributed by atoms with van der Waals surface area (Å²) in [7, 11) is 0. The summed E-state index contributed by atoms with van der Waals surface area (Å²) in [5, 5.41) is 20.0. The molecular formula is C33H38BrN3O5. The maximum atomic E-state index is 14.3. The molecular weight excluding hydrogens is 598 g/mol. The Morgan fingerprint density at radius 3 is 2.40 bits per heavy atom. The molecule has 1 saturated carbocycles. The Morgan fingerprint density at radius 1 is 1.00 bits per heavy atom. The number of carbonyl (C=O) groups is 1. The second kappa shape index (κ2) is 13.8. The van der Waals surface area contributed by atoms with Crippen LogP contribution in [-0.2, 0) is 16.0 Å². The lowest BCUT2D eigenvalue weighted by Gasteiger charge is -2.34. The van der Waals surface area contributed by atoms with Gasteiger partial charge in [-0.25, -0.2) is 10.4 Å². The molecule has 5 rings (SSSR count). The number of nitrogens with one attached hydrogen (secondary N) is 2. The molecule has 3 aromatic carbocycles. The van der Waals surface area contributed by atoms with E-state index in [-0.39, 0.29) is 19.1 Å². The van der Waals surface area contributed by atoms with Crippen molar-refractivity contribution in [1.29, 1.82) is 0 Å². The van der Waals surface area contributed by atoms with Crippen molar-refractivity contribution < 1.29 is 24.5 Å². The number of aliphatic hydroxyl groups excluding tert-OH is 1. The topological polar surface area (TPSA) is 112 Å². The van der Waals surface area contributed by atoms with Gasteiger partial charge in [0.1, 0.15) is 5.75 Å². The Hall–Kier alpha value is -3.24. The van der Waals surface area contributed by atoms with E-state index in [0.717, 1.165) is 40.4 Å². The molecule has 2 atom stereocenters. The predicted octanol–water partition coefficient (Wildman–Crippen LogP) is 5.03. The number of aliphatic hydroxyl groups is 2. The van der Waals surface area contributed by atoms with Crippen molar-refractivity contribution in [1.82, 2.24) is 10.9 Å². The molecule has 8 nitrogen and oxygen atoms in total. The summed E-state index contributed by atoms with van der Waals surface area (Å²) in [4.78, 5) is 19.3. The van der Waals surface area contributed by atoms with E-state index < -0.39 is 17.2 Å². The van der Waals surface area contributed by atoms with Crippen LogP contribution in [-0.4, -0.2) is 52.9 Å². The molecule has 0 radical (unpaired) electrons. The van der Waals surface area contributed by atoms with E-state index in [1.165, 1.54) is 0 Å². The van der Waals surface area contributed by atoms with E-state index in [2.05, 4.69) is 26.8 Å². The molecule has 0 spiro atoms. The minimum absolute atomic E-state index is 0.0693. The van der Waals surface area contributed by atoms with Crippen molar-refractivity contribution in [2.45, 2.75) is 62.2 Å². The summed E-state index contributed by atoms with van der Waals surface area (Å²) >= 11 is 3.51. The lowest BCUT2D eigenvalue weighted by molar-refractivity contribution is -0.130. The van der Waals surface area contributed by atoms with Gasteiger partial charge in [0, 0.05) is 36.0 Å². The number of rotatable bonds is 12. The smallest absolute Gasteiger partial charge is 0.266 e. The maximum Gasteiger partial charge on any atom is 0.266 e. The maximum absolute atomic E-state index is 14.3. The molecule has 0 aromatic heterocycles. The number of hydrogen-bond donors (Lipinski definition) is 4. The zero-order chi connectivity index (χ0) is 29.4. The van der Waals surface area contributed by atoms with Gasteiger partial charge >= 0.3 is 0 Å². The van der Waals surface area contributed by atoms with Crippen molar-refractivity contribution in [3.8, 4) is 5.75 Å². The molecule has 1 aliphatic carbocycles. The van der Waals surface area contributed by atoms with Crippen molar-refractivity contribution in [2.75, 3.05) is 19.8 Å². The number of nitrogens with zero attached hydrogens (tertiary/aromatic N) is 1. The first-order chi connectivity index (χ1) is 20.4. The van der Waals surface area contributed by atoms with E-state index in [4.69, 9.17) is 19.6 Å². The molecule has 1 fully saturated rings. The normalized spacial score (nSPS) is 21.3. The molecule has 3 aromatic rings. The largest absolute Gasteiger partial charge is 0.494 e. The number of amides is 1. The number of hydrogen-bond acceptors (Lipinski definition) is 7. The second-order valence-corrected chi connectivity index (χ2v) is 12.0. The highest BCUT2D eigenvalue weighted by Gasteiger charge is 2.53. The molecule has 1 heterocycles. The van der Waals surface area contributed by atoms with Crippen LogP contribution in [0.4, 0.5) is 0 Å². The summed E-state index contributed by atoms with van der Waals surface area (Å²) in [6.45, 7) is 0.750. The van der Waals surface area contributed by atoms with Crippen LogP contribution in [0.15, 0.2) is 88.3 Å². The standard InChI is InChI=1S/C33H38BrN3O5/c34-27-14-10-25(11-15-27)29-33(22-24-8-3-1-4-9-24,31(39)37-35-23-32(40)18-5-2-6-19-32)36-30(42-29)26-12-16-28(17-13-26)41-21-7-20-38/h1,3-4,8-17,29,35,38,40H,2,5-7,18-23H2,(H,37,39)/t29-,33-/m0/s1. The summed E-state index contributed by atoms with van der Waals surface area (Å²) < 4.78 is 13.2. The molecule has 1 amide bonds. The molecule has 0 saturated heterocycles. The lowest BCUT2D eigenvalue weighted by Crippen LogP contribution is -2.56. The highest BCUT2D eigenvalue weighted by Crippen LogP contribution is 2.43. The van der Waals surface area contributed by atoms with Gasteiger partial charge in [-0.2, -0.15) is 0 Å². The van der Waals surface area contributed by atoms with Crippen molar-refractivity contribution in [3.05, 3.63) is 100 Å². The fourth-order valence-corrected chi connectivity index (χ4v) is 5.88. The zero-order valence-electron chi connectivity index (χ0n) is 23.6. The van der Waals surface area contributed by atoms with Gasteiger partial charge in [0.05, 0.1) is 12.2 Å². The number of aliphatic imine (C=N–C) groups is 1. The van der Waals surface area contributed by atoms with Gasteiger partial charge in [-0.15, -0.1) is 0 Å². The Bertz CT molecular complexity index is 1340. The quantitative estimate of drug-likeness (QED) is 0.164. The Morgan fingerprint density at radius 2 is 1.71 bits per heavy atom. The van der Waals surface area contributed by atoms with E-state index in [9.17, 15) is 9.90 Å². The van der Waals surface area contributed by atoms with Gasteiger partial charge in [-0.1, -0.05) is 77.7 Å². The van der Waals surface area contributed by atoms with Crippen molar-refractivity contribution in [2.24, 2.45) is 4.99 Å². The second-order valence-electron chi connectivity index (χ2n) is 11.1. The van der Waals surface area contributed by atoms with Crippen LogP contribution >= 0.6 is 15.9 Å². The predicted molar refractivity (Wildman–Crippen MR) is 165 cm³/mol. The summed E-state index contributed by atoms with van der Waals surface area (Å²) in [6, 6.07) is 24.9. The number of hydrazine groups is 1. The van der Waals surface area contributed by atoms with Crippen LogP contribution in [0.1, 0.15) is 61.3 Å². The van der Waals surface area contributed by atoms with Crippen LogP contribution in [0.3, 0.4) is 0 Å². The van der Waals surface area contributed by atoms with Crippen molar-refractivity contribution in [3.63, 3.8) is 0 Å². The molecule has 42 heavy (non-hydrogen) atoms. The minimum Gasteiger partial charge on any atom is -0.494 e. The fraction of sp³-hybridized carbons (Fsp3) is 0.394. The summed E-state index contributed by atoms with van der Waals surface area (Å²) in [5.41, 5.74) is 6.24. The highest BCUT2D eigenvalue weighted by molar-refractivity contribution is 9.10. The SMILES string of the molecule is O=C(NNCC1(O)CCCCC1)[C@@]1(Cc2ccccc2)N=C(c2ccc(OCCCO)cc2)O[C@H]1c1ccc(Br)cc1. The zero-order valence-corrected chi connectivity index (χ0v) is 25.2. The highest BCUT2D eigenvalue weighted by atomic mass is 79.9. The van der Waals surface area contributed by atoms with Gasteiger partial charge < -0.3 is 19.7 Å². The van der Waals surface area contributed by atoms with Crippen LogP contribution in [0, 0.1) is 0 Å². The molecule has 1 aliphatic heterocycles. The van der Waals surface area contributed by atoms with Crippen LogP contribution in [0.5, 0.6) is 5.75 Å². The number of carbonyl (C=O) groups excluding carboxylic acids is 1. The lowest BCUT2D eigenvalue weighted by atomic mass is 9.82. The summed E-state index contributed by atoms with van der Waals surface area (Å²) in [6.07, 6.45) is 4.63. The van der Waals surface area contributed by atoms with E-state index in [0.29, 0.717) is 43.9 Å². The van der Waals surface area contributed by atoms with E-state index >= 15 is 0 Å². The van der Waals surface area contributed by atoms with Crippen LogP contribution < -0.4 is 15.6 Å². The molecule has 2 aliphatic rings. The number of benzene rings is 3. The third kappa shape index (κ3) is 7.21. The van der Waals surface area contributed by atoms with Crippen LogP contribution in [0.25, 0.3) is 0 Å². The van der Waals surface area contributed by atoms with Crippen LogP contribution in [0.2, 0.25) is 0 Å². The average molecular weight is 637 g/mol. The number of ether oxygens (including phenoxy) is 2. The first kappa shape index (κ1) is 30.2. The monoisotopic (exact) mass is 635 g/mol. The Kier molecular flexibility index (Phi) is 9.95. The molecule has 4 N–H and O–H groups in total. The Labute approximate surface area is 255 Å². The van der Waals surface area contributed by atoms with Gasteiger partial charge in [0.2, 0.25) is 5.90 Å². The molecule has 222 valence electrons. The summed E-state index contributed by atoms with van der Waals surface area (Å²) in [5.74, 6) is 0.702. The molecule has 0 unspecified atom stereocenters. The third-order valence-corrected chi connectivity index (χ3v) is 8.45. The minimum atomic E-state index is -1.33. The van der Waals surface area contributed by atoms with Gasteiger partial charge in [-0.3, -0.25) is 10.2 Å². The van der Waals surface area contributed by atoms with Gasteiger partial charge in [0.15, 0.2) is 11.6 Å². The third-order valence-electron chi connectivity index (χ3n) is 7.92. The first-order valence-corrected chi connectivity index (χ1v) is 15.4. The molecule has 9 heteroatoms. The fourth-order valence-electron chi connectivity index (χ4n) is 5.61. The van der Waals surface area contributed by atoms with Gasteiger partial charge in [0.25, 0.3) is 5.91 Å². The van der Waals surface area contributed by atoms with Gasteiger partial charge in [-0.05, 0) is 60.4 Å². The Balaban J connectivity index is 1.48. The van der Waals surface area contributed by atoms with Crippen molar-refractivity contribution >= 4 is 27.7 Å². The van der Waals surface area contributed by atoms with E-state index in [1.54, 1.807) is 0 Å². The van der Waals surface area contributed by atoms with E-state index in [1.807, 2.05) is 78.9 Å². The number of halogens is 1. The average Bonchev–Trinajstić information content (AvgIpc) is 3.39. The first-order valence-electron chi connectivity index (χ1n) is 14.6. The molecule has 0 bridgehead atoms.